The van der Waals surface area contributed by atoms with Crippen molar-refractivity contribution >= 4 is 47.2 Å². The molecular formula is C42H40Cl2F2N4O4. The van der Waals surface area contributed by atoms with E-state index >= 15 is 4.39 Å². The normalized spacial score (nSPS) is 16.9. The van der Waals surface area contributed by atoms with Gasteiger partial charge in [0.1, 0.15) is 17.4 Å². The molecule has 2 amide bonds. The van der Waals surface area contributed by atoms with Crippen LogP contribution in [0.3, 0.4) is 0 Å². The minimum Gasteiger partial charge on any atom is -0.508 e. The van der Waals surface area contributed by atoms with E-state index < -0.39 is 17.5 Å². The molecule has 0 radical (unpaired) electrons. The molecule has 12 heteroatoms. The highest BCUT2D eigenvalue weighted by Crippen LogP contribution is 2.39. The molecule has 3 aliphatic heterocycles. The maximum absolute atomic E-state index is 15.4. The van der Waals surface area contributed by atoms with Gasteiger partial charge in [0.2, 0.25) is 0 Å². The maximum atomic E-state index is 15.4. The SMILES string of the molecule is Cl.O=C(c1cc(-c2cc(Cl)ccc2C(=O)N2Cc3ccccc3C[C@H]2CN2CCOCC2)n2c1CCCC2)N(c1ccc(O)cc1)c1ccc(F)cc1F. The number of aromatic hydroxyl groups is 1. The third-order valence-corrected chi connectivity index (χ3v) is 10.9. The Morgan fingerprint density at radius 1 is 0.870 bits per heavy atom. The van der Waals surface area contributed by atoms with Gasteiger partial charge in [0.25, 0.3) is 11.8 Å². The van der Waals surface area contributed by atoms with Gasteiger partial charge in [-0.25, -0.2) is 8.78 Å². The lowest BCUT2D eigenvalue weighted by Gasteiger charge is -2.40. The van der Waals surface area contributed by atoms with Gasteiger partial charge in [-0.3, -0.25) is 19.4 Å². The van der Waals surface area contributed by atoms with Crippen molar-refractivity contribution in [1.82, 2.24) is 14.4 Å². The molecule has 3 aliphatic rings. The Balaban J connectivity index is 0.00000450. The summed E-state index contributed by atoms with van der Waals surface area (Å²) in [4.78, 5) is 35.2. The monoisotopic (exact) mass is 772 g/mol. The van der Waals surface area contributed by atoms with Crippen molar-refractivity contribution in [2.75, 3.05) is 37.7 Å². The van der Waals surface area contributed by atoms with Crippen LogP contribution < -0.4 is 4.90 Å². The van der Waals surface area contributed by atoms with Gasteiger partial charge >= 0.3 is 0 Å². The van der Waals surface area contributed by atoms with Gasteiger partial charge in [0, 0.05) is 78.1 Å². The van der Waals surface area contributed by atoms with Crippen LogP contribution >= 0.6 is 24.0 Å². The molecule has 8 rings (SSSR count). The standard InChI is InChI=1S/C42H39ClF2N4O4.ClH/c43-29-8-14-34(41(51)48-25-28-6-2-1-5-27(28)21-32(48)26-46-17-19-53-20-18-46)35(22-29)40-24-36(38-7-3-4-16-47(38)40)42(52)49(31-10-12-33(50)13-11-31)39-15-9-30(44)23-37(39)45;/h1-2,5-6,8-15,22-24,32,50H,3-4,7,16-21,25-26H2;1H/t32-;/m0./s1. The van der Waals surface area contributed by atoms with Crippen LogP contribution in [0.5, 0.6) is 5.75 Å². The molecule has 54 heavy (non-hydrogen) atoms. The second-order valence-corrected chi connectivity index (χ2v) is 14.4. The Hall–Kier alpha value is -4.74. The number of hydrogen-bond donors (Lipinski definition) is 1. The summed E-state index contributed by atoms with van der Waals surface area (Å²) in [7, 11) is 0. The van der Waals surface area contributed by atoms with Crippen molar-refractivity contribution in [2.24, 2.45) is 0 Å². The second-order valence-electron chi connectivity index (χ2n) is 13.9. The summed E-state index contributed by atoms with van der Waals surface area (Å²) in [6.45, 7) is 4.74. The summed E-state index contributed by atoms with van der Waals surface area (Å²) in [6.07, 6.45) is 3.02. The first-order valence-corrected chi connectivity index (χ1v) is 18.4. The molecule has 0 aliphatic carbocycles. The van der Waals surface area contributed by atoms with Crippen LogP contribution in [0, 0.1) is 11.6 Å². The molecule has 4 heterocycles. The van der Waals surface area contributed by atoms with E-state index in [9.17, 15) is 19.1 Å². The number of amides is 2. The molecule has 1 saturated heterocycles. The van der Waals surface area contributed by atoms with Crippen molar-refractivity contribution in [1.29, 1.82) is 0 Å². The predicted molar refractivity (Wildman–Crippen MR) is 207 cm³/mol. The van der Waals surface area contributed by atoms with Crippen LogP contribution in [0.4, 0.5) is 20.2 Å². The zero-order valence-corrected chi connectivity index (χ0v) is 31.1. The molecular weight excluding hydrogens is 733 g/mol. The number of phenolic OH excluding ortho intramolecular Hbond substituents is 1. The minimum atomic E-state index is -0.905. The number of carbonyl (C=O) groups is 2. The van der Waals surface area contributed by atoms with Crippen LogP contribution in [0.25, 0.3) is 11.3 Å². The molecule has 4 aromatic carbocycles. The van der Waals surface area contributed by atoms with Gasteiger partial charge < -0.3 is 19.3 Å². The first kappa shape index (κ1) is 37.6. The van der Waals surface area contributed by atoms with E-state index in [0.717, 1.165) is 62.3 Å². The van der Waals surface area contributed by atoms with Gasteiger partial charge in [0.15, 0.2) is 0 Å². The van der Waals surface area contributed by atoms with Gasteiger partial charge in [-0.05, 0) is 97.5 Å². The summed E-state index contributed by atoms with van der Waals surface area (Å²) in [5.74, 6) is -2.34. The number of hydrogen-bond acceptors (Lipinski definition) is 5. The van der Waals surface area contributed by atoms with E-state index in [1.165, 1.54) is 40.8 Å². The number of fused-ring (bicyclic) bond motifs is 2. The number of benzene rings is 4. The fraction of sp³-hybridized carbons (Fsp3) is 0.286. The number of ether oxygens (including phenoxy) is 1. The van der Waals surface area contributed by atoms with Crippen LogP contribution in [0.2, 0.25) is 5.02 Å². The summed E-state index contributed by atoms with van der Waals surface area (Å²) in [6, 6.07) is 24.2. The van der Waals surface area contributed by atoms with Crippen LogP contribution in [-0.2, 0) is 30.7 Å². The number of anilines is 2. The number of carbonyl (C=O) groups excluding carboxylic acids is 2. The fourth-order valence-electron chi connectivity index (χ4n) is 7.97. The fourth-order valence-corrected chi connectivity index (χ4v) is 8.15. The molecule has 280 valence electrons. The number of halogens is 4. The Morgan fingerprint density at radius 3 is 2.39 bits per heavy atom. The van der Waals surface area contributed by atoms with E-state index in [1.807, 2.05) is 17.0 Å². The van der Waals surface area contributed by atoms with Crippen LogP contribution in [0.15, 0.2) is 91.0 Å². The first-order valence-electron chi connectivity index (χ1n) is 18.0. The lowest BCUT2D eigenvalue weighted by molar-refractivity contribution is 0.0193. The van der Waals surface area contributed by atoms with E-state index in [1.54, 1.807) is 24.3 Å². The van der Waals surface area contributed by atoms with E-state index in [-0.39, 0.29) is 35.8 Å². The molecule has 1 atom stereocenters. The van der Waals surface area contributed by atoms with Crippen molar-refractivity contribution in [3.63, 3.8) is 0 Å². The Kier molecular flexibility index (Phi) is 11.1. The zero-order valence-electron chi connectivity index (χ0n) is 29.5. The molecule has 8 nitrogen and oxygen atoms in total. The molecule has 0 spiro atoms. The quantitative estimate of drug-likeness (QED) is 0.180. The minimum absolute atomic E-state index is 0. The van der Waals surface area contributed by atoms with Crippen molar-refractivity contribution in [2.45, 2.75) is 44.8 Å². The Morgan fingerprint density at radius 2 is 1.63 bits per heavy atom. The van der Waals surface area contributed by atoms with E-state index in [4.69, 9.17) is 16.3 Å². The first-order chi connectivity index (χ1) is 25.7. The van der Waals surface area contributed by atoms with Crippen molar-refractivity contribution < 1.29 is 28.2 Å². The molecule has 1 N–H and O–H groups in total. The van der Waals surface area contributed by atoms with Gasteiger partial charge in [-0.15, -0.1) is 12.4 Å². The summed E-state index contributed by atoms with van der Waals surface area (Å²) >= 11 is 6.67. The third kappa shape index (κ3) is 7.36. The topological polar surface area (TPSA) is 78.3 Å². The average molecular weight is 774 g/mol. The summed E-state index contributed by atoms with van der Waals surface area (Å²) < 4.78 is 37.2. The Bertz CT molecular complexity index is 2190. The van der Waals surface area contributed by atoms with E-state index in [2.05, 4.69) is 21.6 Å². The number of nitrogens with zero attached hydrogens (tertiary/aromatic N) is 4. The largest absolute Gasteiger partial charge is 0.508 e. The van der Waals surface area contributed by atoms with E-state index in [0.29, 0.717) is 65.8 Å². The molecule has 5 aromatic rings. The lowest BCUT2D eigenvalue weighted by Crippen LogP contribution is -2.52. The van der Waals surface area contributed by atoms with Gasteiger partial charge in [0.05, 0.1) is 24.5 Å². The smallest absolute Gasteiger partial charge is 0.264 e. The number of phenols is 1. The lowest BCUT2D eigenvalue weighted by atomic mass is 9.92. The Labute approximate surface area is 323 Å². The third-order valence-electron chi connectivity index (χ3n) is 10.6. The molecule has 0 saturated carbocycles. The van der Waals surface area contributed by atoms with Crippen molar-refractivity contribution in [3.8, 4) is 17.0 Å². The number of morpholine rings is 1. The highest BCUT2D eigenvalue weighted by atomic mass is 35.5. The van der Waals surface area contributed by atoms with Crippen LogP contribution in [-0.4, -0.2) is 70.2 Å². The summed E-state index contributed by atoms with van der Waals surface area (Å²) in [5, 5.41) is 10.4. The highest BCUT2D eigenvalue weighted by Gasteiger charge is 2.35. The zero-order chi connectivity index (χ0) is 36.6. The molecule has 0 unspecified atom stereocenters. The average Bonchev–Trinajstić information content (AvgIpc) is 3.56. The van der Waals surface area contributed by atoms with Gasteiger partial charge in [-0.2, -0.15) is 0 Å². The maximum Gasteiger partial charge on any atom is 0.264 e. The second kappa shape index (κ2) is 15.9. The number of rotatable bonds is 7. The molecule has 0 bridgehead atoms. The molecule has 1 aromatic heterocycles. The highest BCUT2D eigenvalue weighted by molar-refractivity contribution is 6.31. The molecule has 1 fully saturated rings. The number of aromatic nitrogens is 1. The van der Waals surface area contributed by atoms with Crippen molar-refractivity contribution in [3.05, 3.63) is 136 Å². The summed E-state index contributed by atoms with van der Waals surface area (Å²) in [5.41, 5.74) is 5.38. The van der Waals surface area contributed by atoms with Gasteiger partial charge in [-0.1, -0.05) is 35.9 Å². The van der Waals surface area contributed by atoms with Crippen LogP contribution in [0.1, 0.15) is 50.4 Å². The predicted octanol–water partition coefficient (Wildman–Crippen LogP) is 8.43.